The maximum atomic E-state index is 11.6. The van der Waals surface area contributed by atoms with Crippen LogP contribution < -0.4 is 5.32 Å². The van der Waals surface area contributed by atoms with Gasteiger partial charge in [-0.3, -0.25) is 14.4 Å². The highest BCUT2D eigenvalue weighted by molar-refractivity contribution is 6.01. The van der Waals surface area contributed by atoms with Crippen LogP contribution in [0.4, 0.5) is 0 Å². The Kier molecular flexibility index (Phi) is 23.8. The number of hydroxylamine groups is 2. The number of ether oxygens (including phenoxy) is 8. The summed E-state index contributed by atoms with van der Waals surface area (Å²) in [6, 6.07) is 0. The standard InChI is InChI=1S/C25H44N2O14/c28-21-22(29)26-4-6-34-8-10-36-12-14-38-16-18-40-20-19-39-17-15-37-13-11-35-9-7-33-5-3-25(32)41-27-23(30)1-2-24(27)31/h28H,1-21H2,(H,26,29). The first-order valence-electron chi connectivity index (χ1n) is 13.6. The van der Waals surface area contributed by atoms with Crippen LogP contribution in [0.25, 0.3) is 0 Å². The van der Waals surface area contributed by atoms with E-state index in [1.807, 2.05) is 0 Å². The van der Waals surface area contributed by atoms with Crippen molar-refractivity contribution in [2.45, 2.75) is 19.3 Å². The van der Waals surface area contributed by atoms with Crippen LogP contribution >= 0.6 is 0 Å². The number of hydrogen-bond acceptors (Lipinski definition) is 14. The van der Waals surface area contributed by atoms with Crippen molar-refractivity contribution in [1.82, 2.24) is 10.4 Å². The third-order valence-electron chi connectivity index (χ3n) is 4.97. The second-order valence-corrected chi connectivity index (χ2v) is 8.20. The van der Waals surface area contributed by atoms with E-state index in [9.17, 15) is 19.2 Å². The molecule has 0 atom stereocenters. The molecular formula is C25H44N2O14. The molecule has 1 rings (SSSR count). The molecule has 41 heavy (non-hydrogen) atoms. The number of nitrogens with one attached hydrogen (secondary N) is 1. The van der Waals surface area contributed by atoms with Gasteiger partial charge in [-0.15, -0.1) is 5.06 Å². The van der Waals surface area contributed by atoms with E-state index < -0.39 is 30.3 Å². The van der Waals surface area contributed by atoms with E-state index in [0.29, 0.717) is 104 Å². The average molecular weight is 597 g/mol. The van der Waals surface area contributed by atoms with Gasteiger partial charge < -0.3 is 53.2 Å². The maximum absolute atomic E-state index is 11.6. The Balaban J connectivity index is 1.68. The van der Waals surface area contributed by atoms with Gasteiger partial charge in [0.15, 0.2) is 0 Å². The minimum Gasteiger partial charge on any atom is -0.387 e. The first-order chi connectivity index (χ1) is 20.0. The van der Waals surface area contributed by atoms with E-state index >= 15 is 0 Å². The second-order valence-electron chi connectivity index (χ2n) is 8.20. The van der Waals surface area contributed by atoms with E-state index in [0.717, 1.165) is 0 Å². The Morgan fingerprint density at radius 3 is 1.29 bits per heavy atom. The largest absolute Gasteiger partial charge is 0.387 e. The molecule has 0 unspecified atom stereocenters. The fraction of sp³-hybridized carbons (Fsp3) is 0.840. The third kappa shape index (κ3) is 22.0. The summed E-state index contributed by atoms with van der Waals surface area (Å²) in [5, 5.41) is 11.5. The van der Waals surface area contributed by atoms with Gasteiger partial charge in [-0.25, -0.2) is 4.79 Å². The van der Waals surface area contributed by atoms with Gasteiger partial charge in [0.2, 0.25) is 5.91 Å². The molecule has 3 amide bonds. The molecule has 16 heteroatoms. The van der Waals surface area contributed by atoms with Crippen LogP contribution in [-0.2, 0) is 61.9 Å². The van der Waals surface area contributed by atoms with E-state index in [2.05, 4.69) is 5.32 Å². The highest BCUT2D eigenvalue weighted by Gasteiger charge is 2.32. The van der Waals surface area contributed by atoms with E-state index in [1.54, 1.807) is 0 Å². The number of aliphatic hydroxyl groups is 1. The quantitative estimate of drug-likeness (QED) is 0.0729. The normalized spacial score (nSPS) is 13.2. The fourth-order valence-electron chi connectivity index (χ4n) is 2.92. The highest BCUT2D eigenvalue weighted by atomic mass is 16.7. The predicted octanol–water partition coefficient (Wildman–Crippen LogP) is -1.77. The van der Waals surface area contributed by atoms with Gasteiger partial charge in [0.05, 0.1) is 112 Å². The van der Waals surface area contributed by atoms with Gasteiger partial charge in [-0.1, -0.05) is 0 Å². The molecule has 2 N–H and O–H groups in total. The van der Waals surface area contributed by atoms with Gasteiger partial charge in [0.1, 0.15) is 6.61 Å². The van der Waals surface area contributed by atoms with Crippen LogP contribution in [0.3, 0.4) is 0 Å². The molecule has 238 valence electrons. The zero-order valence-corrected chi connectivity index (χ0v) is 23.6. The summed E-state index contributed by atoms with van der Waals surface area (Å²) in [5.41, 5.74) is 0. The summed E-state index contributed by atoms with van der Waals surface area (Å²) >= 11 is 0. The Bertz CT molecular complexity index is 696. The lowest BCUT2D eigenvalue weighted by Gasteiger charge is -2.12. The van der Waals surface area contributed by atoms with Gasteiger partial charge in [0.25, 0.3) is 11.8 Å². The summed E-state index contributed by atoms with van der Waals surface area (Å²) in [4.78, 5) is 49.9. The zero-order chi connectivity index (χ0) is 29.8. The smallest absolute Gasteiger partial charge is 0.335 e. The number of aliphatic hydroxyl groups excluding tert-OH is 1. The molecule has 0 aromatic carbocycles. The average Bonchev–Trinajstić information content (AvgIpc) is 3.28. The molecule has 1 aliphatic rings. The maximum Gasteiger partial charge on any atom is 0.335 e. The number of carbonyl (C=O) groups excluding carboxylic acids is 4. The molecule has 0 bridgehead atoms. The van der Waals surface area contributed by atoms with Crippen LogP contribution in [0.15, 0.2) is 0 Å². The number of rotatable bonds is 29. The lowest BCUT2D eigenvalue weighted by Crippen LogP contribution is -2.32. The van der Waals surface area contributed by atoms with Crippen LogP contribution in [0.2, 0.25) is 0 Å². The van der Waals surface area contributed by atoms with Gasteiger partial charge in [-0.2, -0.15) is 0 Å². The Morgan fingerprint density at radius 2 is 0.927 bits per heavy atom. The lowest BCUT2D eigenvalue weighted by molar-refractivity contribution is -0.198. The summed E-state index contributed by atoms with van der Waals surface area (Å²) in [6.07, 6.45) is 0.0351. The van der Waals surface area contributed by atoms with Crippen molar-refractivity contribution in [3.8, 4) is 0 Å². The minimum absolute atomic E-state index is 0.0564. The van der Waals surface area contributed by atoms with Crippen molar-refractivity contribution in [3.63, 3.8) is 0 Å². The van der Waals surface area contributed by atoms with Crippen molar-refractivity contribution >= 4 is 23.7 Å². The molecule has 16 nitrogen and oxygen atoms in total. The predicted molar refractivity (Wildman–Crippen MR) is 138 cm³/mol. The van der Waals surface area contributed by atoms with Crippen LogP contribution in [0.1, 0.15) is 19.3 Å². The fourth-order valence-corrected chi connectivity index (χ4v) is 2.92. The molecule has 0 aliphatic carbocycles. The van der Waals surface area contributed by atoms with Crippen LogP contribution in [-0.4, -0.2) is 153 Å². The molecule has 0 saturated carbocycles. The van der Waals surface area contributed by atoms with Gasteiger partial charge in [0, 0.05) is 19.4 Å². The lowest BCUT2D eigenvalue weighted by atomic mass is 10.4. The minimum atomic E-state index is -0.704. The van der Waals surface area contributed by atoms with Crippen molar-refractivity contribution in [2.75, 3.05) is 119 Å². The highest BCUT2D eigenvalue weighted by Crippen LogP contribution is 2.12. The van der Waals surface area contributed by atoms with E-state index in [4.69, 9.17) is 47.8 Å². The monoisotopic (exact) mass is 596 g/mol. The van der Waals surface area contributed by atoms with Crippen molar-refractivity contribution in [2.24, 2.45) is 0 Å². The first-order valence-corrected chi connectivity index (χ1v) is 13.6. The number of amides is 3. The molecule has 1 aliphatic heterocycles. The van der Waals surface area contributed by atoms with Crippen LogP contribution in [0.5, 0.6) is 0 Å². The van der Waals surface area contributed by atoms with Crippen molar-refractivity contribution in [1.29, 1.82) is 0 Å². The molecule has 1 fully saturated rings. The SMILES string of the molecule is O=C(CO)NCCOCCOCCOCCOCCOCCOCCOCCOCCC(=O)ON1C(=O)CCC1=O. The first kappa shape index (κ1) is 36.7. The molecular weight excluding hydrogens is 552 g/mol. The van der Waals surface area contributed by atoms with Gasteiger partial charge in [-0.05, 0) is 0 Å². The molecule has 0 aromatic rings. The summed E-state index contributed by atoms with van der Waals surface area (Å²) in [6.45, 7) is 6.07. The molecule has 1 heterocycles. The molecule has 0 radical (unpaired) electrons. The van der Waals surface area contributed by atoms with Gasteiger partial charge >= 0.3 is 5.97 Å². The Labute approximate surface area is 239 Å². The van der Waals surface area contributed by atoms with E-state index in [1.165, 1.54) is 0 Å². The molecule has 0 aromatic heterocycles. The summed E-state index contributed by atoms with van der Waals surface area (Å²) in [5.74, 6) is -2.16. The van der Waals surface area contributed by atoms with Crippen molar-refractivity contribution < 1.29 is 67.0 Å². The third-order valence-corrected chi connectivity index (χ3v) is 4.97. The van der Waals surface area contributed by atoms with E-state index in [-0.39, 0.29) is 32.5 Å². The number of hydrogen-bond donors (Lipinski definition) is 2. The zero-order valence-electron chi connectivity index (χ0n) is 23.6. The van der Waals surface area contributed by atoms with Crippen molar-refractivity contribution in [3.05, 3.63) is 0 Å². The number of carbonyl (C=O) groups is 4. The number of nitrogens with zero attached hydrogens (tertiary/aromatic N) is 1. The topological polar surface area (TPSA) is 187 Å². The molecule has 0 spiro atoms. The summed E-state index contributed by atoms with van der Waals surface area (Å²) in [7, 11) is 0. The summed E-state index contributed by atoms with van der Waals surface area (Å²) < 4.78 is 42.8. The number of imide groups is 1. The Hall–Kier alpha value is -2.28. The Morgan fingerprint density at radius 1 is 0.585 bits per heavy atom. The van der Waals surface area contributed by atoms with Crippen LogP contribution in [0, 0.1) is 0 Å². The molecule has 1 saturated heterocycles. The second kappa shape index (κ2) is 26.6.